The molecule has 0 radical (unpaired) electrons. The molecule has 3 unspecified atom stereocenters. The summed E-state index contributed by atoms with van der Waals surface area (Å²) in [6.45, 7) is 7.24. The quantitative estimate of drug-likeness (QED) is 0.294. The Morgan fingerprint density at radius 2 is 2.05 bits per heavy atom. The number of esters is 1. The normalized spacial score (nSPS) is 28.6. The number of carbonyl (C=O) groups is 1. The number of ether oxygens (including phenoxy) is 3. The molecule has 0 amide bonds. The summed E-state index contributed by atoms with van der Waals surface area (Å²) in [4.78, 5) is 11.1. The number of hydrogen-bond donors (Lipinski definition) is 0. The second-order valence-electron chi connectivity index (χ2n) is 5.59. The van der Waals surface area contributed by atoms with Gasteiger partial charge < -0.3 is 14.2 Å². The number of epoxide rings is 1. The van der Waals surface area contributed by atoms with Crippen molar-refractivity contribution in [3.8, 4) is 0 Å². The first kappa shape index (κ1) is 14.5. The van der Waals surface area contributed by atoms with Crippen molar-refractivity contribution in [2.45, 2.75) is 51.2 Å². The Morgan fingerprint density at radius 1 is 1.26 bits per heavy atom. The van der Waals surface area contributed by atoms with Crippen LogP contribution >= 0.6 is 0 Å². The van der Waals surface area contributed by atoms with Crippen molar-refractivity contribution in [3.63, 3.8) is 0 Å². The van der Waals surface area contributed by atoms with Crippen LogP contribution in [0, 0.1) is 5.92 Å². The summed E-state index contributed by atoms with van der Waals surface area (Å²) in [6.07, 6.45) is 6.48. The monoisotopic (exact) mass is 268 g/mol. The summed E-state index contributed by atoms with van der Waals surface area (Å²) >= 11 is 0. The van der Waals surface area contributed by atoms with Gasteiger partial charge in [-0.3, -0.25) is 0 Å². The molecule has 2 rings (SSSR count). The molecular formula is C15H24O4. The third-order valence-corrected chi connectivity index (χ3v) is 3.73. The van der Waals surface area contributed by atoms with E-state index in [4.69, 9.17) is 14.2 Å². The van der Waals surface area contributed by atoms with E-state index in [0.29, 0.717) is 30.3 Å². The average molecular weight is 268 g/mol. The molecule has 0 bridgehead atoms. The van der Waals surface area contributed by atoms with Gasteiger partial charge in [-0.2, -0.15) is 0 Å². The molecular weight excluding hydrogens is 244 g/mol. The van der Waals surface area contributed by atoms with E-state index in [1.807, 2.05) is 0 Å². The van der Waals surface area contributed by atoms with Crippen molar-refractivity contribution >= 4 is 5.97 Å². The van der Waals surface area contributed by atoms with Crippen LogP contribution in [-0.4, -0.2) is 38.0 Å². The van der Waals surface area contributed by atoms with Gasteiger partial charge in [-0.25, -0.2) is 4.79 Å². The van der Waals surface area contributed by atoms with E-state index in [2.05, 4.69) is 6.58 Å². The smallest absolute Gasteiger partial charge is 0.333 e. The lowest BCUT2D eigenvalue weighted by atomic mass is 9.90. The van der Waals surface area contributed by atoms with Gasteiger partial charge in [0.15, 0.2) is 0 Å². The Hall–Kier alpha value is -0.870. The Morgan fingerprint density at radius 3 is 2.79 bits per heavy atom. The molecule has 1 aliphatic carbocycles. The molecule has 0 aromatic heterocycles. The molecule has 4 heteroatoms. The van der Waals surface area contributed by atoms with E-state index < -0.39 is 0 Å². The Balaban J connectivity index is 1.40. The first-order valence-corrected chi connectivity index (χ1v) is 7.22. The molecule has 4 nitrogen and oxygen atoms in total. The fraction of sp³-hybridized carbons (Fsp3) is 0.800. The number of fused-ring (bicyclic) bond motifs is 1. The van der Waals surface area contributed by atoms with Crippen LogP contribution in [0.1, 0.15) is 39.0 Å². The lowest BCUT2D eigenvalue weighted by molar-refractivity contribution is -0.139. The predicted molar refractivity (Wildman–Crippen MR) is 71.8 cm³/mol. The fourth-order valence-corrected chi connectivity index (χ4v) is 2.48. The van der Waals surface area contributed by atoms with Crippen molar-refractivity contribution in [3.05, 3.63) is 12.2 Å². The zero-order chi connectivity index (χ0) is 13.7. The zero-order valence-corrected chi connectivity index (χ0v) is 11.7. The minimum absolute atomic E-state index is 0.304. The van der Waals surface area contributed by atoms with Crippen LogP contribution in [0.5, 0.6) is 0 Å². The summed E-state index contributed by atoms with van der Waals surface area (Å²) in [5.41, 5.74) is 0.453. The first-order chi connectivity index (χ1) is 9.16. The van der Waals surface area contributed by atoms with Crippen LogP contribution in [-0.2, 0) is 19.0 Å². The molecule has 19 heavy (non-hydrogen) atoms. The molecule has 1 aliphatic heterocycles. The highest BCUT2D eigenvalue weighted by Gasteiger charge is 2.43. The largest absolute Gasteiger partial charge is 0.462 e. The van der Waals surface area contributed by atoms with Crippen molar-refractivity contribution in [2.75, 3.05) is 19.8 Å². The van der Waals surface area contributed by atoms with Crippen LogP contribution in [0.2, 0.25) is 0 Å². The highest BCUT2D eigenvalue weighted by molar-refractivity contribution is 5.86. The topological polar surface area (TPSA) is 48.1 Å². The van der Waals surface area contributed by atoms with Crippen LogP contribution < -0.4 is 0 Å². The molecule has 1 heterocycles. The van der Waals surface area contributed by atoms with Gasteiger partial charge in [0.1, 0.15) is 0 Å². The molecule has 0 spiro atoms. The molecule has 0 N–H and O–H groups in total. The van der Waals surface area contributed by atoms with Crippen molar-refractivity contribution < 1.29 is 19.0 Å². The van der Waals surface area contributed by atoms with Crippen LogP contribution in [0.3, 0.4) is 0 Å². The first-order valence-electron chi connectivity index (χ1n) is 7.22. The Kier molecular flexibility index (Phi) is 5.40. The van der Waals surface area contributed by atoms with E-state index in [1.54, 1.807) is 6.92 Å². The summed E-state index contributed by atoms with van der Waals surface area (Å²) in [6, 6.07) is 0. The van der Waals surface area contributed by atoms with Gasteiger partial charge in [0, 0.05) is 18.8 Å². The maximum absolute atomic E-state index is 11.1. The van der Waals surface area contributed by atoms with E-state index in [0.717, 1.165) is 26.1 Å². The van der Waals surface area contributed by atoms with Gasteiger partial charge in [-0.15, -0.1) is 0 Å². The summed E-state index contributed by atoms with van der Waals surface area (Å²) in [5, 5.41) is 0. The molecule has 1 saturated heterocycles. The third-order valence-electron chi connectivity index (χ3n) is 3.73. The Labute approximate surface area is 115 Å². The van der Waals surface area contributed by atoms with Crippen molar-refractivity contribution in [2.24, 2.45) is 5.92 Å². The third kappa shape index (κ3) is 4.96. The SMILES string of the molecule is C=C(C)C(=O)OCCCCOCC1CCC2OC2C1. The van der Waals surface area contributed by atoms with E-state index in [1.165, 1.54) is 19.3 Å². The van der Waals surface area contributed by atoms with Crippen LogP contribution in [0.15, 0.2) is 12.2 Å². The van der Waals surface area contributed by atoms with E-state index >= 15 is 0 Å². The molecule has 0 aromatic carbocycles. The van der Waals surface area contributed by atoms with E-state index in [-0.39, 0.29) is 5.97 Å². The molecule has 2 aliphatic rings. The zero-order valence-electron chi connectivity index (χ0n) is 11.7. The minimum Gasteiger partial charge on any atom is -0.462 e. The van der Waals surface area contributed by atoms with Gasteiger partial charge >= 0.3 is 5.97 Å². The second kappa shape index (κ2) is 7.06. The molecule has 2 fully saturated rings. The lowest BCUT2D eigenvalue weighted by Gasteiger charge is -2.18. The van der Waals surface area contributed by atoms with Crippen molar-refractivity contribution in [1.82, 2.24) is 0 Å². The van der Waals surface area contributed by atoms with Gasteiger partial charge in [0.05, 0.1) is 18.8 Å². The summed E-state index contributed by atoms with van der Waals surface area (Å²) in [5.74, 6) is 0.368. The molecule has 1 saturated carbocycles. The van der Waals surface area contributed by atoms with Gasteiger partial charge in [-0.05, 0) is 44.9 Å². The highest BCUT2D eigenvalue weighted by Crippen LogP contribution is 2.39. The minimum atomic E-state index is -0.304. The van der Waals surface area contributed by atoms with Gasteiger partial charge in [0.2, 0.25) is 0 Å². The van der Waals surface area contributed by atoms with Crippen LogP contribution in [0.25, 0.3) is 0 Å². The predicted octanol–water partition coefficient (Wildman–Crippen LogP) is 2.47. The summed E-state index contributed by atoms with van der Waals surface area (Å²) in [7, 11) is 0. The molecule has 3 atom stereocenters. The fourth-order valence-electron chi connectivity index (χ4n) is 2.48. The second-order valence-corrected chi connectivity index (χ2v) is 5.59. The van der Waals surface area contributed by atoms with Crippen molar-refractivity contribution in [1.29, 1.82) is 0 Å². The number of rotatable bonds is 8. The maximum atomic E-state index is 11.1. The average Bonchev–Trinajstić information content (AvgIpc) is 3.15. The lowest BCUT2D eigenvalue weighted by Crippen LogP contribution is -2.18. The Bertz CT molecular complexity index is 326. The standard InChI is InChI=1S/C15H24O4/c1-11(2)15(16)18-8-4-3-7-17-10-12-5-6-13-14(9-12)19-13/h12-14H,1,3-10H2,2H3. The highest BCUT2D eigenvalue weighted by atomic mass is 16.6. The summed E-state index contributed by atoms with van der Waals surface area (Å²) < 4.78 is 16.2. The molecule has 0 aromatic rings. The molecule has 108 valence electrons. The van der Waals surface area contributed by atoms with E-state index in [9.17, 15) is 4.79 Å². The van der Waals surface area contributed by atoms with Gasteiger partial charge in [-0.1, -0.05) is 6.58 Å². The number of carbonyl (C=O) groups excluding carboxylic acids is 1. The van der Waals surface area contributed by atoms with Crippen LogP contribution in [0.4, 0.5) is 0 Å². The number of unbranched alkanes of at least 4 members (excludes halogenated alkanes) is 1. The maximum Gasteiger partial charge on any atom is 0.333 e. The van der Waals surface area contributed by atoms with Gasteiger partial charge in [0.25, 0.3) is 0 Å². The number of hydrogen-bond acceptors (Lipinski definition) is 4.